The maximum absolute atomic E-state index is 13.8. The molecular weight excluding hydrogens is 510 g/mol. The van der Waals surface area contributed by atoms with E-state index in [1.807, 2.05) is 26.8 Å². The molecule has 0 radical (unpaired) electrons. The van der Waals surface area contributed by atoms with Gasteiger partial charge in [-0.2, -0.15) is 0 Å². The number of nitrogens with one attached hydrogen (secondary N) is 1. The lowest BCUT2D eigenvalue weighted by atomic mass is 10.1. The fraction of sp³-hybridized carbons (Fsp3) is 0.481. The molecule has 1 heterocycles. The number of hydrogen-bond acceptors (Lipinski definition) is 7. The number of rotatable bonds is 12. The molecule has 0 aromatic heterocycles. The van der Waals surface area contributed by atoms with Crippen LogP contribution in [0.25, 0.3) is 0 Å². The highest BCUT2D eigenvalue weighted by molar-refractivity contribution is 7.92. The van der Waals surface area contributed by atoms with E-state index in [2.05, 4.69) is 5.32 Å². The Morgan fingerprint density at radius 3 is 2.39 bits per heavy atom. The molecule has 2 amide bonds. The monoisotopic (exact) mass is 547 g/mol. The average molecular weight is 548 g/mol. The molecular formula is C27H37N3O7S. The molecule has 0 unspecified atom stereocenters. The Bertz CT molecular complexity index is 1230. The molecule has 11 heteroatoms. The first-order chi connectivity index (χ1) is 18.1. The van der Waals surface area contributed by atoms with Crippen molar-refractivity contribution in [1.29, 1.82) is 0 Å². The van der Waals surface area contributed by atoms with Crippen LogP contribution in [0, 0.1) is 0 Å². The van der Waals surface area contributed by atoms with Gasteiger partial charge >= 0.3 is 0 Å². The van der Waals surface area contributed by atoms with Crippen LogP contribution in [0.5, 0.6) is 17.2 Å². The number of benzene rings is 2. The number of methoxy groups -OCH3 is 1. The van der Waals surface area contributed by atoms with Gasteiger partial charge in [0.15, 0.2) is 11.5 Å². The molecule has 0 bridgehead atoms. The van der Waals surface area contributed by atoms with Gasteiger partial charge in [-0.05, 0) is 49.6 Å². The number of nitrogens with zero attached hydrogens (tertiary/aromatic N) is 2. The lowest BCUT2D eigenvalue weighted by Gasteiger charge is -2.33. The molecule has 2 aromatic carbocycles. The van der Waals surface area contributed by atoms with Gasteiger partial charge in [-0.3, -0.25) is 13.9 Å². The first-order valence-electron chi connectivity index (χ1n) is 12.7. The quantitative estimate of drug-likeness (QED) is 0.435. The van der Waals surface area contributed by atoms with Gasteiger partial charge in [0.1, 0.15) is 31.5 Å². The zero-order valence-corrected chi connectivity index (χ0v) is 23.4. The predicted octanol–water partition coefficient (Wildman–Crippen LogP) is 2.95. The summed E-state index contributed by atoms with van der Waals surface area (Å²) in [5.41, 5.74) is 1.02. The second kappa shape index (κ2) is 12.9. The minimum Gasteiger partial charge on any atom is -0.497 e. The van der Waals surface area contributed by atoms with Gasteiger partial charge in [-0.25, -0.2) is 8.42 Å². The molecule has 208 valence electrons. The van der Waals surface area contributed by atoms with E-state index in [0.717, 1.165) is 22.5 Å². The highest BCUT2D eigenvalue weighted by Gasteiger charge is 2.32. The van der Waals surface area contributed by atoms with Gasteiger partial charge in [-0.1, -0.05) is 26.0 Å². The third-order valence-electron chi connectivity index (χ3n) is 6.37. The van der Waals surface area contributed by atoms with Crippen molar-refractivity contribution in [2.75, 3.05) is 37.4 Å². The second-order valence-electron chi connectivity index (χ2n) is 9.21. The molecule has 1 aliphatic rings. The van der Waals surface area contributed by atoms with E-state index in [0.29, 0.717) is 36.9 Å². The van der Waals surface area contributed by atoms with Gasteiger partial charge in [0.2, 0.25) is 21.8 Å². The summed E-state index contributed by atoms with van der Waals surface area (Å²) in [6.45, 7) is 6.02. The number of amides is 2. The van der Waals surface area contributed by atoms with Crippen LogP contribution in [0.2, 0.25) is 0 Å². The number of hydrogen-bond donors (Lipinski definition) is 1. The molecule has 0 spiro atoms. The van der Waals surface area contributed by atoms with E-state index in [-0.39, 0.29) is 24.2 Å². The molecule has 0 saturated carbocycles. The van der Waals surface area contributed by atoms with Crippen molar-refractivity contribution in [3.05, 3.63) is 48.0 Å². The van der Waals surface area contributed by atoms with Gasteiger partial charge in [0.25, 0.3) is 0 Å². The predicted molar refractivity (Wildman–Crippen MR) is 145 cm³/mol. The normalized spacial score (nSPS) is 14.2. The van der Waals surface area contributed by atoms with E-state index >= 15 is 0 Å². The summed E-state index contributed by atoms with van der Waals surface area (Å²) in [7, 11) is -2.31. The molecule has 1 aliphatic heterocycles. The Kier molecular flexibility index (Phi) is 9.84. The van der Waals surface area contributed by atoms with E-state index < -0.39 is 28.5 Å². The van der Waals surface area contributed by atoms with Gasteiger partial charge in [0.05, 0.1) is 19.1 Å². The molecule has 0 saturated heterocycles. The van der Waals surface area contributed by atoms with E-state index in [1.165, 1.54) is 4.90 Å². The van der Waals surface area contributed by atoms with E-state index in [9.17, 15) is 18.0 Å². The van der Waals surface area contributed by atoms with E-state index in [4.69, 9.17) is 14.2 Å². The summed E-state index contributed by atoms with van der Waals surface area (Å²) in [5, 5.41) is 2.95. The summed E-state index contributed by atoms with van der Waals surface area (Å²) in [6, 6.07) is 11.1. The Hall–Kier alpha value is -3.47. The molecule has 1 N–H and O–H groups in total. The van der Waals surface area contributed by atoms with Gasteiger partial charge in [-0.15, -0.1) is 0 Å². The third kappa shape index (κ3) is 7.31. The standard InChI is InChI=1S/C27H37N3O7S/c1-6-19(3)28-27(32)23(7-2)29(17-20-9-8-10-22(15-20)35-4)26(31)18-30(38(5,33)34)21-11-12-24-25(16-21)37-14-13-36-24/h8-12,15-16,19,23H,6-7,13-14,17-18H2,1-5H3,(H,28,32)/t19-,23+/m1/s1. The zero-order chi connectivity index (χ0) is 27.9. The molecule has 2 aromatic rings. The summed E-state index contributed by atoms with van der Waals surface area (Å²) in [5.74, 6) is 0.721. The summed E-state index contributed by atoms with van der Waals surface area (Å²) >= 11 is 0. The Labute approximate surface area is 224 Å². The maximum Gasteiger partial charge on any atom is 0.244 e. The third-order valence-corrected chi connectivity index (χ3v) is 7.51. The number of sulfonamides is 1. The fourth-order valence-corrected chi connectivity index (χ4v) is 4.97. The smallest absolute Gasteiger partial charge is 0.244 e. The van der Waals surface area contributed by atoms with Crippen LogP contribution in [0.15, 0.2) is 42.5 Å². The SMILES string of the molecule is CC[C@@H](C)NC(=O)[C@H](CC)N(Cc1cccc(OC)c1)C(=O)CN(c1ccc2c(c1)OCCO2)S(C)(=O)=O. The average Bonchev–Trinajstić information content (AvgIpc) is 2.90. The first-order valence-corrected chi connectivity index (χ1v) is 14.5. The van der Waals surface area contributed by atoms with Crippen molar-refractivity contribution in [2.24, 2.45) is 0 Å². The molecule has 3 rings (SSSR count). The van der Waals surface area contributed by atoms with Gasteiger partial charge in [0, 0.05) is 18.7 Å². The number of anilines is 1. The molecule has 0 aliphatic carbocycles. The lowest BCUT2D eigenvalue weighted by molar-refractivity contribution is -0.140. The van der Waals surface area contributed by atoms with E-state index in [1.54, 1.807) is 43.5 Å². The Morgan fingerprint density at radius 2 is 1.76 bits per heavy atom. The number of fused-ring (bicyclic) bond motifs is 1. The highest BCUT2D eigenvalue weighted by atomic mass is 32.2. The van der Waals surface area contributed by atoms with Crippen LogP contribution in [-0.4, -0.2) is 70.3 Å². The molecule has 0 fully saturated rings. The second-order valence-corrected chi connectivity index (χ2v) is 11.1. The summed E-state index contributed by atoms with van der Waals surface area (Å²) in [4.78, 5) is 28.5. The first kappa shape index (κ1) is 29.1. The van der Waals surface area contributed by atoms with Crippen LogP contribution in [-0.2, 0) is 26.2 Å². The van der Waals surface area contributed by atoms with Crippen molar-refractivity contribution >= 4 is 27.5 Å². The molecule has 38 heavy (non-hydrogen) atoms. The Balaban J connectivity index is 1.96. The highest BCUT2D eigenvalue weighted by Crippen LogP contribution is 2.34. The summed E-state index contributed by atoms with van der Waals surface area (Å²) < 4.78 is 43.2. The van der Waals surface area contributed by atoms with Gasteiger partial charge < -0.3 is 24.4 Å². The molecule has 10 nitrogen and oxygen atoms in total. The van der Waals surface area contributed by atoms with Crippen molar-refractivity contribution in [1.82, 2.24) is 10.2 Å². The van der Waals surface area contributed by atoms with Crippen molar-refractivity contribution in [2.45, 2.75) is 52.2 Å². The maximum atomic E-state index is 13.8. The van der Waals surface area contributed by atoms with Crippen LogP contribution in [0.1, 0.15) is 39.2 Å². The minimum atomic E-state index is -3.86. The summed E-state index contributed by atoms with van der Waals surface area (Å²) in [6.07, 6.45) is 2.12. The zero-order valence-electron chi connectivity index (χ0n) is 22.6. The van der Waals surface area contributed by atoms with Crippen LogP contribution in [0.3, 0.4) is 0 Å². The lowest BCUT2D eigenvalue weighted by Crippen LogP contribution is -2.53. The number of carbonyl (C=O) groups excluding carboxylic acids is 2. The minimum absolute atomic E-state index is 0.0736. The number of ether oxygens (including phenoxy) is 3. The largest absolute Gasteiger partial charge is 0.497 e. The van der Waals surface area contributed by atoms with Crippen molar-refractivity contribution < 1.29 is 32.2 Å². The number of carbonyl (C=O) groups is 2. The topological polar surface area (TPSA) is 114 Å². The fourth-order valence-electron chi connectivity index (χ4n) is 4.13. The van der Waals surface area contributed by atoms with Crippen molar-refractivity contribution in [3.63, 3.8) is 0 Å². The van der Waals surface area contributed by atoms with Crippen LogP contribution in [0.4, 0.5) is 5.69 Å². The molecule has 2 atom stereocenters. The van der Waals surface area contributed by atoms with Crippen LogP contribution >= 0.6 is 0 Å². The van der Waals surface area contributed by atoms with Crippen LogP contribution < -0.4 is 23.8 Å². The Morgan fingerprint density at radius 1 is 1.05 bits per heavy atom. The van der Waals surface area contributed by atoms with Crippen molar-refractivity contribution in [3.8, 4) is 17.2 Å².